The third-order valence-corrected chi connectivity index (χ3v) is 11.2. The van der Waals surface area contributed by atoms with Gasteiger partial charge in [0.1, 0.15) is 24.4 Å². The smallest absolute Gasteiger partial charge is 0.192 e. The molecule has 0 unspecified atom stereocenters. The van der Waals surface area contributed by atoms with Crippen molar-refractivity contribution >= 4 is 8.32 Å². The van der Waals surface area contributed by atoms with Crippen molar-refractivity contribution in [3.05, 3.63) is 35.9 Å². The van der Waals surface area contributed by atoms with Crippen LogP contribution in [0.1, 0.15) is 58.9 Å². The molecule has 2 aliphatic rings. The minimum Gasteiger partial charge on any atom is -0.408 e. The van der Waals surface area contributed by atoms with E-state index in [1.807, 2.05) is 6.07 Å². The van der Waals surface area contributed by atoms with Crippen molar-refractivity contribution in [2.45, 2.75) is 109 Å². The fraction of sp³-hybridized carbons (Fsp3) is 0.750. The first-order valence-corrected chi connectivity index (χ1v) is 14.2. The molecule has 0 spiro atoms. The van der Waals surface area contributed by atoms with Gasteiger partial charge in [-0.3, -0.25) is 0 Å². The molecule has 1 aromatic carbocycles. The Morgan fingerprint density at radius 2 is 1.76 bits per heavy atom. The van der Waals surface area contributed by atoms with E-state index in [-0.39, 0.29) is 35.6 Å². The largest absolute Gasteiger partial charge is 0.408 e. The first-order valence-electron chi connectivity index (χ1n) is 11.3. The molecule has 0 bridgehead atoms. The van der Waals surface area contributed by atoms with Crippen LogP contribution in [0.3, 0.4) is 0 Å². The van der Waals surface area contributed by atoms with Crippen molar-refractivity contribution in [2.75, 3.05) is 6.61 Å². The summed E-state index contributed by atoms with van der Waals surface area (Å²) >= 11 is 0. The highest BCUT2D eigenvalue weighted by Gasteiger charge is 2.55. The van der Waals surface area contributed by atoms with E-state index < -0.39 is 8.32 Å². The summed E-state index contributed by atoms with van der Waals surface area (Å²) in [7, 11) is -1.96. The number of epoxide rings is 1. The van der Waals surface area contributed by atoms with E-state index in [9.17, 15) is 0 Å². The lowest BCUT2D eigenvalue weighted by Gasteiger charge is -2.40. The van der Waals surface area contributed by atoms with E-state index in [1.165, 1.54) is 18.4 Å². The van der Waals surface area contributed by atoms with Gasteiger partial charge in [0.05, 0.1) is 19.3 Å². The lowest BCUT2D eigenvalue weighted by Crippen LogP contribution is -2.50. The van der Waals surface area contributed by atoms with Gasteiger partial charge in [0.15, 0.2) is 8.32 Å². The van der Waals surface area contributed by atoms with Gasteiger partial charge in [-0.25, -0.2) is 0 Å². The van der Waals surface area contributed by atoms with Crippen LogP contribution in [0.4, 0.5) is 0 Å². The van der Waals surface area contributed by atoms with Gasteiger partial charge in [0, 0.05) is 0 Å². The third-order valence-electron chi connectivity index (χ3n) is 6.69. The molecule has 1 aromatic rings. The van der Waals surface area contributed by atoms with Gasteiger partial charge in [0.2, 0.25) is 0 Å². The number of hydrogen-bond acceptors (Lipinski definition) is 4. The molecular weight excluding hydrogens is 380 g/mol. The molecule has 5 heteroatoms. The summed E-state index contributed by atoms with van der Waals surface area (Å²) < 4.78 is 25.7. The summed E-state index contributed by atoms with van der Waals surface area (Å²) in [5.41, 5.74) is 1.19. The second-order valence-corrected chi connectivity index (χ2v) is 14.9. The van der Waals surface area contributed by atoms with Crippen molar-refractivity contribution in [1.29, 1.82) is 0 Å². The molecule has 0 radical (unpaired) electrons. The first-order chi connectivity index (χ1) is 13.7. The van der Waals surface area contributed by atoms with E-state index in [2.05, 4.69) is 65.1 Å². The monoisotopic (exact) mass is 420 g/mol. The third kappa shape index (κ3) is 5.92. The molecule has 2 saturated heterocycles. The Bertz CT molecular complexity index is 624. The second kappa shape index (κ2) is 9.61. The molecule has 0 amide bonds. The van der Waals surface area contributed by atoms with Gasteiger partial charge in [-0.1, -0.05) is 77.3 Å². The molecule has 2 aliphatic heterocycles. The van der Waals surface area contributed by atoms with Crippen LogP contribution in [0, 0.1) is 0 Å². The Morgan fingerprint density at radius 3 is 2.34 bits per heavy atom. The Labute approximate surface area is 178 Å². The fourth-order valence-electron chi connectivity index (χ4n) is 3.75. The van der Waals surface area contributed by atoms with Gasteiger partial charge in [-0.2, -0.15) is 0 Å². The van der Waals surface area contributed by atoms with Crippen LogP contribution in [-0.2, 0) is 25.2 Å². The topological polar surface area (TPSA) is 40.2 Å². The highest BCUT2D eigenvalue weighted by molar-refractivity contribution is 6.74. The van der Waals surface area contributed by atoms with Crippen LogP contribution >= 0.6 is 0 Å². The van der Waals surface area contributed by atoms with Crippen LogP contribution in [0.25, 0.3) is 0 Å². The van der Waals surface area contributed by atoms with Crippen molar-refractivity contribution in [3.8, 4) is 0 Å². The van der Waals surface area contributed by atoms with Crippen molar-refractivity contribution in [1.82, 2.24) is 0 Å². The zero-order valence-electron chi connectivity index (χ0n) is 19.1. The lowest BCUT2D eigenvalue weighted by molar-refractivity contribution is -0.0463. The summed E-state index contributed by atoms with van der Waals surface area (Å²) in [5.74, 6) is 0. The summed E-state index contributed by atoms with van der Waals surface area (Å²) in [5, 5.41) is 0.145. The van der Waals surface area contributed by atoms with Crippen LogP contribution in [0.15, 0.2) is 30.3 Å². The highest BCUT2D eigenvalue weighted by atomic mass is 28.4. The van der Waals surface area contributed by atoms with E-state index >= 15 is 0 Å². The zero-order valence-corrected chi connectivity index (χ0v) is 20.1. The van der Waals surface area contributed by atoms with Crippen LogP contribution in [0.2, 0.25) is 18.1 Å². The molecule has 4 nitrogen and oxygen atoms in total. The van der Waals surface area contributed by atoms with E-state index in [1.54, 1.807) is 0 Å². The maximum atomic E-state index is 6.92. The van der Waals surface area contributed by atoms with Gasteiger partial charge in [-0.05, 0) is 30.1 Å². The number of unbranched alkanes of at least 4 members (excludes halogenated alkanes) is 2. The summed E-state index contributed by atoms with van der Waals surface area (Å²) in [6.45, 7) is 15.1. The predicted molar refractivity (Wildman–Crippen MR) is 120 cm³/mol. The number of benzene rings is 1. The van der Waals surface area contributed by atoms with Crippen LogP contribution < -0.4 is 0 Å². The number of hydrogen-bond donors (Lipinski definition) is 0. The summed E-state index contributed by atoms with van der Waals surface area (Å²) in [6.07, 6.45) is 4.74. The van der Waals surface area contributed by atoms with Gasteiger partial charge in [-0.15, -0.1) is 0 Å². The summed E-state index contributed by atoms with van der Waals surface area (Å²) in [4.78, 5) is 0. The lowest BCUT2D eigenvalue weighted by atomic mass is 10.0. The van der Waals surface area contributed by atoms with E-state index in [0.29, 0.717) is 6.61 Å². The number of ether oxygens (including phenoxy) is 3. The van der Waals surface area contributed by atoms with Crippen LogP contribution in [0.5, 0.6) is 0 Å². The molecule has 164 valence electrons. The second-order valence-electron chi connectivity index (χ2n) is 10.1. The van der Waals surface area contributed by atoms with E-state index in [4.69, 9.17) is 18.6 Å². The van der Waals surface area contributed by atoms with Gasteiger partial charge < -0.3 is 18.6 Å². The molecular formula is C24H40O4Si. The van der Waals surface area contributed by atoms with Crippen LogP contribution in [-0.4, -0.2) is 45.4 Å². The quantitative estimate of drug-likeness (QED) is 0.276. The van der Waals surface area contributed by atoms with E-state index in [0.717, 1.165) is 19.4 Å². The Kier molecular flexibility index (Phi) is 7.60. The Balaban J connectivity index is 1.78. The summed E-state index contributed by atoms with van der Waals surface area (Å²) in [6, 6.07) is 10.4. The molecule has 0 aliphatic carbocycles. The molecule has 29 heavy (non-hydrogen) atoms. The fourth-order valence-corrected chi connectivity index (χ4v) is 5.05. The molecule has 2 heterocycles. The van der Waals surface area contributed by atoms with Crippen molar-refractivity contribution in [3.63, 3.8) is 0 Å². The molecule has 0 aromatic heterocycles. The maximum absolute atomic E-state index is 6.92. The first kappa shape index (κ1) is 23.0. The van der Waals surface area contributed by atoms with Gasteiger partial charge >= 0.3 is 0 Å². The predicted octanol–water partition coefficient (Wildman–Crippen LogP) is 5.71. The standard InChI is InChI=1S/C24H40O4Si/c1-7-8-10-15-19-21(26-16-18-13-11-9-12-14-18)23(22(27-19)20-17-25-20)28-29(5,6)24(2,3)4/h9,11-14,19-23H,7-8,10,15-17H2,1-6H3/t19-,20-,21+,22+,23-/m0/s1. The van der Waals surface area contributed by atoms with Crippen molar-refractivity contribution in [2.24, 2.45) is 0 Å². The van der Waals surface area contributed by atoms with Crippen molar-refractivity contribution < 1.29 is 18.6 Å². The molecule has 0 saturated carbocycles. The average molecular weight is 421 g/mol. The molecule has 3 rings (SSSR count). The highest BCUT2D eigenvalue weighted by Crippen LogP contribution is 2.43. The van der Waals surface area contributed by atoms with Gasteiger partial charge in [0.25, 0.3) is 0 Å². The number of rotatable bonds is 10. The minimum absolute atomic E-state index is 0.0171. The zero-order chi connectivity index (χ0) is 21.1. The maximum Gasteiger partial charge on any atom is 0.192 e. The Hall–Kier alpha value is -0.723. The molecule has 5 atom stereocenters. The Morgan fingerprint density at radius 1 is 1.07 bits per heavy atom. The SMILES string of the molecule is CCCCC[C@@H]1O[C@H]([C@@H]2CO2)[C@@H](O[Si](C)(C)C(C)(C)C)[C@@H]1OCc1ccccc1. The normalized spacial score (nSPS) is 29.9. The average Bonchev–Trinajstić information content (AvgIpc) is 3.45. The molecule has 0 N–H and O–H groups in total. The minimum atomic E-state index is -1.96. The molecule has 2 fully saturated rings.